The number of halogens is 2. The molecule has 7 rings (SSSR count). The van der Waals surface area contributed by atoms with Gasteiger partial charge < -0.3 is 15.0 Å². The minimum Gasteiger partial charge on any atom is -0.461 e. The molecule has 8 nitrogen and oxygen atoms in total. The van der Waals surface area contributed by atoms with Crippen molar-refractivity contribution in [1.82, 2.24) is 25.2 Å². The van der Waals surface area contributed by atoms with Crippen LogP contribution in [0.4, 0.5) is 14.6 Å². The molecule has 1 N–H and O–H groups in total. The first-order valence-corrected chi connectivity index (χ1v) is 21.5. The van der Waals surface area contributed by atoms with Gasteiger partial charge in [0.1, 0.15) is 37.9 Å². The number of nitrogens with one attached hydrogen (secondary N) is 1. The summed E-state index contributed by atoms with van der Waals surface area (Å²) in [7, 11) is -2.04. The molecule has 2 aromatic carbocycles. The standard InChI is InChI=1S/C42H51F2N7OSi/c1-27(2)53(28(3)4,29(5)6)21-15-31-11-7-10-30-12-8-13-34(36(30)31)38-37(44)39-35(23-47-38)40(50-20-18-46-33(25-50)14-17-45)49-41(48-39)52-26-42-16-9-19-51(42)24-32(43)22-42/h7-8,10-13,23,27-29,32-33,46H,9,14,16,18-20,22,24-26H2,1-6H3/t32-,33+,42+/m1/s1. The number of ether oxygens (including phenoxy) is 1. The quantitative estimate of drug-likeness (QED) is 0.136. The van der Waals surface area contributed by atoms with Gasteiger partial charge in [0.2, 0.25) is 0 Å². The Morgan fingerprint density at radius 2 is 1.79 bits per heavy atom. The van der Waals surface area contributed by atoms with E-state index in [0.717, 1.165) is 35.7 Å². The number of aromatic nitrogens is 3. The number of anilines is 1. The van der Waals surface area contributed by atoms with Crippen molar-refractivity contribution in [3.8, 4) is 34.8 Å². The molecule has 3 aliphatic rings. The summed E-state index contributed by atoms with van der Waals surface area (Å²) < 4.78 is 38.2. The van der Waals surface area contributed by atoms with E-state index in [2.05, 4.69) is 74.2 Å². The number of nitrogens with zero attached hydrogens (tertiary/aromatic N) is 6. The van der Waals surface area contributed by atoms with Gasteiger partial charge in [-0.25, -0.2) is 8.78 Å². The monoisotopic (exact) mass is 735 g/mol. The minimum atomic E-state index is -2.04. The zero-order valence-corrected chi connectivity index (χ0v) is 32.8. The summed E-state index contributed by atoms with van der Waals surface area (Å²) in [5.41, 5.74) is 6.69. The molecule has 53 heavy (non-hydrogen) atoms. The van der Waals surface area contributed by atoms with Gasteiger partial charge in [0.15, 0.2) is 5.82 Å². The average molecular weight is 736 g/mol. The molecule has 0 radical (unpaired) electrons. The van der Waals surface area contributed by atoms with Crippen LogP contribution in [0.25, 0.3) is 32.9 Å². The Labute approximate surface area is 313 Å². The molecule has 3 aliphatic heterocycles. The number of rotatable bonds is 9. The van der Waals surface area contributed by atoms with E-state index in [1.54, 1.807) is 6.20 Å². The molecular weight excluding hydrogens is 685 g/mol. The van der Waals surface area contributed by atoms with Crippen molar-refractivity contribution in [2.75, 3.05) is 44.2 Å². The predicted octanol–water partition coefficient (Wildman–Crippen LogP) is 8.20. The number of nitriles is 1. The van der Waals surface area contributed by atoms with Crippen molar-refractivity contribution in [3.05, 3.63) is 54.0 Å². The number of fused-ring (bicyclic) bond motifs is 3. The summed E-state index contributed by atoms with van der Waals surface area (Å²) in [6.45, 7) is 17.1. The smallest absolute Gasteiger partial charge is 0.319 e. The van der Waals surface area contributed by atoms with E-state index >= 15 is 4.39 Å². The van der Waals surface area contributed by atoms with Gasteiger partial charge in [0.05, 0.1) is 23.4 Å². The second kappa shape index (κ2) is 14.9. The van der Waals surface area contributed by atoms with Crippen LogP contribution in [0.1, 0.15) is 72.8 Å². The first-order chi connectivity index (χ1) is 25.5. The van der Waals surface area contributed by atoms with Crippen LogP contribution in [0.15, 0.2) is 42.6 Å². The summed E-state index contributed by atoms with van der Waals surface area (Å²) in [5.74, 6) is 3.59. The number of pyridine rings is 1. The average Bonchev–Trinajstić information content (AvgIpc) is 3.66. The largest absolute Gasteiger partial charge is 0.461 e. The molecule has 11 heteroatoms. The highest BCUT2D eigenvalue weighted by Crippen LogP contribution is 2.43. The lowest BCUT2D eigenvalue weighted by Gasteiger charge is -2.38. The van der Waals surface area contributed by atoms with Crippen molar-refractivity contribution in [3.63, 3.8) is 0 Å². The zero-order chi connectivity index (χ0) is 37.5. The van der Waals surface area contributed by atoms with Gasteiger partial charge in [-0.15, -0.1) is 5.54 Å². The molecule has 0 unspecified atom stereocenters. The molecular formula is C42H51F2N7OSi. The van der Waals surface area contributed by atoms with Crippen LogP contribution >= 0.6 is 0 Å². The third-order valence-corrected chi connectivity index (χ3v) is 18.5. The summed E-state index contributed by atoms with van der Waals surface area (Å²) in [6.07, 6.45) is 3.33. The van der Waals surface area contributed by atoms with Gasteiger partial charge in [-0.3, -0.25) is 9.88 Å². The Balaban J connectivity index is 1.36. The number of piperazine rings is 1. The fourth-order valence-electron chi connectivity index (χ4n) is 9.68. The first kappa shape index (κ1) is 37.2. The zero-order valence-electron chi connectivity index (χ0n) is 31.8. The van der Waals surface area contributed by atoms with Crippen molar-refractivity contribution >= 4 is 35.6 Å². The van der Waals surface area contributed by atoms with Gasteiger partial charge in [-0.1, -0.05) is 77.8 Å². The fourth-order valence-corrected chi connectivity index (χ4v) is 14.9. The molecule has 0 spiro atoms. The first-order valence-electron chi connectivity index (χ1n) is 19.3. The van der Waals surface area contributed by atoms with Crippen LogP contribution in [0.3, 0.4) is 0 Å². The molecule has 3 fully saturated rings. The van der Waals surface area contributed by atoms with Crippen LogP contribution < -0.4 is 15.0 Å². The summed E-state index contributed by atoms with van der Waals surface area (Å²) >= 11 is 0. The van der Waals surface area contributed by atoms with Crippen LogP contribution in [0.5, 0.6) is 6.01 Å². The van der Waals surface area contributed by atoms with Gasteiger partial charge in [-0.05, 0) is 47.5 Å². The van der Waals surface area contributed by atoms with Crippen LogP contribution in [0.2, 0.25) is 16.6 Å². The third-order valence-electron chi connectivity index (χ3n) is 12.2. The maximum Gasteiger partial charge on any atom is 0.319 e. The van der Waals surface area contributed by atoms with Crippen LogP contribution in [-0.2, 0) is 0 Å². The molecule has 3 atom stereocenters. The second-order valence-electron chi connectivity index (χ2n) is 16.2. The lowest BCUT2D eigenvalue weighted by Crippen LogP contribution is -2.51. The normalized spacial score (nSPS) is 22.1. The fraction of sp³-hybridized carbons (Fsp3) is 0.524. The SMILES string of the molecule is CC(C)[Si](C#Cc1cccc2cccc(-c3ncc4c(N5CCN[C@@H](CC#N)C5)nc(OC[C@@]56CCCN5C[C@H](F)C6)nc4c3F)c12)(C(C)C)C(C)C. The number of hydrogen-bond acceptors (Lipinski definition) is 8. The molecule has 0 saturated carbocycles. The Bertz CT molecular complexity index is 2080. The van der Waals surface area contributed by atoms with Crippen molar-refractivity contribution in [1.29, 1.82) is 5.26 Å². The van der Waals surface area contributed by atoms with Crippen molar-refractivity contribution in [2.45, 2.75) is 102 Å². The number of alkyl halides is 1. The van der Waals surface area contributed by atoms with Gasteiger partial charge in [0.25, 0.3) is 0 Å². The van der Waals surface area contributed by atoms with E-state index in [1.165, 1.54) is 0 Å². The van der Waals surface area contributed by atoms with E-state index in [-0.39, 0.29) is 29.9 Å². The number of hydrogen-bond donors (Lipinski definition) is 1. The highest BCUT2D eigenvalue weighted by molar-refractivity contribution is 6.90. The summed E-state index contributed by atoms with van der Waals surface area (Å²) in [6, 6.07) is 14.2. The predicted molar refractivity (Wildman–Crippen MR) is 211 cm³/mol. The summed E-state index contributed by atoms with van der Waals surface area (Å²) in [5, 5.41) is 15.1. The van der Waals surface area contributed by atoms with Crippen molar-refractivity contribution < 1.29 is 13.5 Å². The highest BCUT2D eigenvalue weighted by atomic mass is 28.3. The van der Waals surface area contributed by atoms with Crippen molar-refractivity contribution in [2.24, 2.45) is 0 Å². The van der Waals surface area contributed by atoms with Crippen LogP contribution in [0, 0.1) is 28.6 Å². The van der Waals surface area contributed by atoms with E-state index < -0.39 is 25.6 Å². The molecule has 0 amide bonds. The van der Waals surface area contributed by atoms with Crippen LogP contribution in [-0.4, -0.2) is 85.0 Å². The Hall–Kier alpha value is -4.16. The van der Waals surface area contributed by atoms with E-state index in [4.69, 9.17) is 19.7 Å². The molecule has 0 bridgehead atoms. The third kappa shape index (κ3) is 6.77. The molecule has 3 saturated heterocycles. The van der Waals surface area contributed by atoms with E-state index in [1.807, 2.05) is 36.4 Å². The molecule has 5 heterocycles. The molecule has 278 valence electrons. The van der Waals surface area contributed by atoms with Gasteiger partial charge in [0, 0.05) is 61.4 Å². The molecule has 4 aromatic rings. The lowest BCUT2D eigenvalue weighted by atomic mass is 9.95. The van der Waals surface area contributed by atoms with Gasteiger partial charge in [-0.2, -0.15) is 15.2 Å². The second-order valence-corrected chi connectivity index (χ2v) is 21.8. The maximum absolute atomic E-state index is 17.3. The summed E-state index contributed by atoms with van der Waals surface area (Å²) in [4.78, 5) is 18.6. The topological polar surface area (TPSA) is 90.2 Å². The molecule has 2 aromatic heterocycles. The number of benzene rings is 2. The Kier molecular flexibility index (Phi) is 10.5. The van der Waals surface area contributed by atoms with Gasteiger partial charge >= 0.3 is 6.01 Å². The minimum absolute atomic E-state index is 0.0595. The highest BCUT2D eigenvalue weighted by Gasteiger charge is 2.49. The van der Waals surface area contributed by atoms with E-state index in [9.17, 15) is 9.65 Å². The maximum atomic E-state index is 17.3. The Morgan fingerprint density at radius 1 is 1.04 bits per heavy atom. The lowest BCUT2D eigenvalue weighted by molar-refractivity contribution is 0.107. The van der Waals surface area contributed by atoms with E-state index in [0.29, 0.717) is 72.4 Å². The molecule has 0 aliphatic carbocycles. The Morgan fingerprint density at radius 3 is 2.53 bits per heavy atom.